The lowest BCUT2D eigenvalue weighted by atomic mass is 10.0. The predicted molar refractivity (Wildman–Crippen MR) is 62.0 cm³/mol. The Bertz CT molecular complexity index is 269. The number of nitrogens with two attached hydrogens (primary N) is 1. The number of aryl methyl sites for hydroxylation is 1. The molecule has 1 rings (SSSR count). The van der Waals surface area contributed by atoms with E-state index in [4.69, 9.17) is 5.84 Å². The van der Waals surface area contributed by atoms with Gasteiger partial charge in [0.1, 0.15) is 0 Å². The molecule has 1 unspecified atom stereocenters. The number of hydrogen-bond acceptors (Lipinski definition) is 3. The summed E-state index contributed by atoms with van der Waals surface area (Å²) in [7, 11) is 1.92. The van der Waals surface area contributed by atoms with Crippen molar-refractivity contribution in [1.29, 1.82) is 0 Å². The Morgan fingerprint density at radius 2 is 2.27 bits per heavy atom. The molecule has 1 heterocycles. The zero-order valence-electron chi connectivity index (χ0n) is 9.74. The summed E-state index contributed by atoms with van der Waals surface area (Å²) >= 11 is 0. The smallest absolute Gasteiger partial charge is 0.0538 e. The van der Waals surface area contributed by atoms with Crippen molar-refractivity contribution in [2.24, 2.45) is 12.9 Å². The van der Waals surface area contributed by atoms with Gasteiger partial charge < -0.3 is 0 Å². The van der Waals surface area contributed by atoms with Gasteiger partial charge in [-0.1, -0.05) is 32.6 Å². The molecule has 0 amide bonds. The van der Waals surface area contributed by atoms with Crippen molar-refractivity contribution < 1.29 is 0 Å². The molecule has 1 aromatic rings. The molecule has 0 fully saturated rings. The largest absolute Gasteiger partial charge is 0.275 e. The van der Waals surface area contributed by atoms with Crippen LogP contribution in [0.25, 0.3) is 0 Å². The van der Waals surface area contributed by atoms with Crippen LogP contribution in [0.1, 0.15) is 50.6 Å². The van der Waals surface area contributed by atoms with E-state index in [-0.39, 0.29) is 6.04 Å². The number of rotatable bonds is 7. The molecule has 0 aliphatic heterocycles. The van der Waals surface area contributed by atoms with Crippen LogP contribution in [0.3, 0.4) is 0 Å². The Morgan fingerprint density at radius 3 is 2.80 bits per heavy atom. The highest BCUT2D eigenvalue weighted by Gasteiger charge is 2.10. The number of aromatic nitrogens is 2. The maximum atomic E-state index is 5.54. The van der Waals surface area contributed by atoms with Crippen LogP contribution in [0.2, 0.25) is 0 Å². The van der Waals surface area contributed by atoms with Crippen molar-refractivity contribution >= 4 is 0 Å². The van der Waals surface area contributed by atoms with Crippen LogP contribution >= 0.6 is 0 Å². The minimum absolute atomic E-state index is 0.246. The van der Waals surface area contributed by atoms with Crippen LogP contribution in [-0.4, -0.2) is 9.78 Å². The molecule has 0 aromatic carbocycles. The second-order valence-corrected chi connectivity index (χ2v) is 4.02. The van der Waals surface area contributed by atoms with Crippen molar-refractivity contribution in [3.8, 4) is 0 Å². The number of unbranched alkanes of at least 4 members (excludes halogenated alkanes) is 3. The molecule has 0 spiro atoms. The third-order valence-corrected chi connectivity index (χ3v) is 2.67. The maximum Gasteiger partial charge on any atom is 0.0538 e. The molecule has 0 bridgehead atoms. The predicted octanol–water partition coefficient (Wildman–Crippen LogP) is 1.89. The van der Waals surface area contributed by atoms with E-state index >= 15 is 0 Å². The first-order valence-electron chi connectivity index (χ1n) is 5.72. The van der Waals surface area contributed by atoms with Crippen LogP contribution in [0, 0.1) is 0 Å². The topological polar surface area (TPSA) is 55.9 Å². The first kappa shape index (κ1) is 12.2. The number of hydrazine groups is 1. The molecule has 0 saturated heterocycles. The minimum atomic E-state index is 0.246. The second kappa shape index (κ2) is 6.58. The van der Waals surface area contributed by atoms with Crippen molar-refractivity contribution in [3.63, 3.8) is 0 Å². The van der Waals surface area contributed by atoms with E-state index < -0.39 is 0 Å². The standard InChI is InChI=1S/C11H22N4/c1-3-4-5-6-7-11(14-12)10-8-13-15(2)9-10/h8-9,11,14H,3-7,12H2,1-2H3. The van der Waals surface area contributed by atoms with Crippen LogP contribution < -0.4 is 11.3 Å². The molecule has 0 radical (unpaired) electrons. The summed E-state index contributed by atoms with van der Waals surface area (Å²) in [6.45, 7) is 2.22. The van der Waals surface area contributed by atoms with Gasteiger partial charge >= 0.3 is 0 Å². The van der Waals surface area contributed by atoms with Crippen molar-refractivity contribution in [3.05, 3.63) is 18.0 Å². The Hall–Kier alpha value is -0.870. The molecule has 15 heavy (non-hydrogen) atoms. The van der Waals surface area contributed by atoms with E-state index in [1.54, 1.807) is 0 Å². The summed E-state index contributed by atoms with van der Waals surface area (Å²) in [6, 6.07) is 0.246. The maximum absolute atomic E-state index is 5.54. The van der Waals surface area contributed by atoms with E-state index in [1.807, 2.05) is 24.1 Å². The fourth-order valence-electron chi connectivity index (χ4n) is 1.74. The third kappa shape index (κ3) is 4.01. The van der Waals surface area contributed by atoms with Crippen LogP contribution in [-0.2, 0) is 7.05 Å². The fourth-order valence-corrected chi connectivity index (χ4v) is 1.74. The Morgan fingerprint density at radius 1 is 1.47 bits per heavy atom. The third-order valence-electron chi connectivity index (χ3n) is 2.67. The summed E-state index contributed by atoms with van der Waals surface area (Å²) in [4.78, 5) is 0. The Kier molecular flexibility index (Phi) is 5.36. The molecule has 0 saturated carbocycles. The molecule has 0 aliphatic rings. The van der Waals surface area contributed by atoms with Gasteiger partial charge in [-0.25, -0.2) is 0 Å². The summed E-state index contributed by atoms with van der Waals surface area (Å²) in [5.41, 5.74) is 4.03. The molecule has 0 aliphatic carbocycles. The van der Waals surface area contributed by atoms with Crippen molar-refractivity contribution in [2.45, 2.75) is 45.1 Å². The molecule has 4 heteroatoms. The fraction of sp³-hybridized carbons (Fsp3) is 0.727. The van der Waals surface area contributed by atoms with E-state index in [2.05, 4.69) is 17.4 Å². The van der Waals surface area contributed by atoms with Gasteiger partial charge in [0.25, 0.3) is 0 Å². The summed E-state index contributed by atoms with van der Waals surface area (Å²) < 4.78 is 1.81. The van der Waals surface area contributed by atoms with Crippen molar-refractivity contribution in [1.82, 2.24) is 15.2 Å². The van der Waals surface area contributed by atoms with E-state index in [9.17, 15) is 0 Å². The Balaban J connectivity index is 2.35. The molecule has 3 N–H and O–H groups in total. The quantitative estimate of drug-likeness (QED) is 0.410. The van der Waals surface area contributed by atoms with Gasteiger partial charge in [-0.2, -0.15) is 5.10 Å². The average molecular weight is 210 g/mol. The lowest BCUT2D eigenvalue weighted by Crippen LogP contribution is -2.27. The van der Waals surface area contributed by atoms with Crippen LogP contribution in [0.15, 0.2) is 12.4 Å². The highest BCUT2D eigenvalue weighted by molar-refractivity contribution is 5.09. The van der Waals surface area contributed by atoms with Gasteiger partial charge in [-0.3, -0.25) is 16.0 Å². The number of hydrogen-bond donors (Lipinski definition) is 2. The van der Waals surface area contributed by atoms with Gasteiger partial charge in [0.05, 0.1) is 6.20 Å². The van der Waals surface area contributed by atoms with Gasteiger partial charge in [0.15, 0.2) is 0 Å². The van der Waals surface area contributed by atoms with Crippen LogP contribution in [0.4, 0.5) is 0 Å². The highest BCUT2D eigenvalue weighted by Crippen LogP contribution is 2.18. The van der Waals surface area contributed by atoms with Gasteiger partial charge in [-0.05, 0) is 6.42 Å². The molecular weight excluding hydrogens is 188 g/mol. The van der Waals surface area contributed by atoms with Crippen molar-refractivity contribution in [2.75, 3.05) is 0 Å². The lowest BCUT2D eigenvalue weighted by Gasteiger charge is -2.13. The Labute approximate surface area is 91.8 Å². The summed E-state index contributed by atoms with van der Waals surface area (Å²) in [5, 5.41) is 4.15. The lowest BCUT2D eigenvalue weighted by molar-refractivity contribution is 0.481. The highest BCUT2D eigenvalue weighted by atomic mass is 15.3. The molecule has 4 nitrogen and oxygen atoms in total. The SMILES string of the molecule is CCCCCCC(NN)c1cnn(C)c1. The number of nitrogens with one attached hydrogen (secondary N) is 1. The van der Waals surface area contributed by atoms with Crippen LogP contribution in [0.5, 0.6) is 0 Å². The van der Waals surface area contributed by atoms with Gasteiger partial charge in [0, 0.05) is 24.8 Å². The summed E-state index contributed by atoms with van der Waals surface area (Å²) in [5.74, 6) is 5.54. The van der Waals surface area contributed by atoms with E-state index in [0.29, 0.717) is 0 Å². The first-order chi connectivity index (χ1) is 7.27. The first-order valence-corrected chi connectivity index (χ1v) is 5.72. The van der Waals surface area contributed by atoms with Gasteiger partial charge in [0.2, 0.25) is 0 Å². The zero-order valence-corrected chi connectivity index (χ0v) is 9.74. The average Bonchev–Trinajstić information content (AvgIpc) is 2.65. The van der Waals surface area contributed by atoms with E-state index in [1.165, 1.54) is 31.2 Å². The number of nitrogens with zero attached hydrogens (tertiary/aromatic N) is 2. The molecule has 1 aromatic heterocycles. The monoisotopic (exact) mass is 210 g/mol. The molecular formula is C11H22N4. The molecule has 86 valence electrons. The summed E-state index contributed by atoms with van der Waals surface area (Å²) in [6.07, 6.45) is 10.1. The molecule has 1 atom stereocenters. The van der Waals surface area contributed by atoms with Gasteiger partial charge in [-0.15, -0.1) is 0 Å². The second-order valence-electron chi connectivity index (χ2n) is 4.02. The minimum Gasteiger partial charge on any atom is -0.275 e. The normalized spacial score (nSPS) is 13.0. The van der Waals surface area contributed by atoms with E-state index in [0.717, 1.165) is 6.42 Å². The zero-order chi connectivity index (χ0) is 11.1.